The molecule has 0 unspecified atom stereocenters. The molecule has 0 aromatic carbocycles. The van der Waals surface area contributed by atoms with E-state index in [0.717, 1.165) is 0 Å². The van der Waals surface area contributed by atoms with Gasteiger partial charge >= 0.3 is 17.1 Å². The van der Waals surface area contributed by atoms with Gasteiger partial charge in [-0.25, -0.2) is 0 Å². The standard InChI is InChI=1S/ClH.Fe.2H2O/h1H;;2*1H2/q;+2;;/p-1. The molecule has 0 aliphatic rings. The summed E-state index contributed by atoms with van der Waals surface area (Å²) < 4.78 is 0. The van der Waals surface area contributed by atoms with Crippen LogP contribution >= 0.6 is 0 Å². The van der Waals surface area contributed by atoms with Crippen LogP contribution in [0, 0.1) is 0 Å². The Balaban J connectivity index is 0. The summed E-state index contributed by atoms with van der Waals surface area (Å²) in [7, 11) is 0. The van der Waals surface area contributed by atoms with E-state index >= 15 is 0 Å². The van der Waals surface area contributed by atoms with Crippen LogP contribution in [0.4, 0.5) is 0 Å². The normalized spacial score (nSPS) is 0. The van der Waals surface area contributed by atoms with Crippen molar-refractivity contribution in [1.82, 2.24) is 0 Å². The van der Waals surface area contributed by atoms with Gasteiger partial charge in [-0.2, -0.15) is 0 Å². The van der Waals surface area contributed by atoms with Crippen LogP contribution in [0.15, 0.2) is 0 Å². The van der Waals surface area contributed by atoms with Crippen molar-refractivity contribution in [3.8, 4) is 0 Å². The van der Waals surface area contributed by atoms with E-state index in [1.54, 1.807) is 0 Å². The Labute approximate surface area is 41.1 Å². The molecule has 0 saturated carbocycles. The second-order valence-corrected chi connectivity index (χ2v) is 0. The summed E-state index contributed by atoms with van der Waals surface area (Å²) in [5.74, 6) is 0. The molecule has 0 fully saturated rings. The number of hydrogen-bond donors (Lipinski definition) is 0. The van der Waals surface area contributed by atoms with Crippen LogP contribution in [0.1, 0.15) is 0 Å². The van der Waals surface area contributed by atoms with Crippen LogP contribution in [-0.2, 0) is 17.1 Å². The van der Waals surface area contributed by atoms with Gasteiger partial charge in [0.1, 0.15) is 0 Å². The van der Waals surface area contributed by atoms with E-state index in [1.165, 1.54) is 0 Å². The Bertz CT molecular complexity index is 6.00. The van der Waals surface area contributed by atoms with Gasteiger partial charge in [-0.05, 0) is 0 Å². The predicted octanol–water partition coefficient (Wildman–Crippen LogP) is -4.65. The quantitative estimate of drug-likeness (QED) is 0.294. The second kappa shape index (κ2) is 52.2. The van der Waals surface area contributed by atoms with Crippen molar-refractivity contribution in [2.45, 2.75) is 0 Å². The minimum Gasteiger partial charge on any atom is -1.00 e. The van der Waals surface area contributed by atoms with Gasteiger partial charge in [0.2, 0.25) is 0 Å². The van der Waals surface area contributed by atoms with E-state index in [1.807, 2.05) is 0 Å². The second-order valence-electron chi connectivity index (χ2n) is 0. The maximum Gasteiger partial charge on any atom is 2.00 e. The van der Waals surface area contributed by atoms with Crippen LogP contribution in [0.3, 0.4) is 0 Å². The third kappa shape index (κ3) is 15.3. The summed E-state index contributed by atoms with van der Waals surface area (Å²) in [6, 6.07) is 0. The van der Waals surface area contributed by atoms with Gasteiger partial charge in [-0.15, -0.1) is 0 Å². The van der Waals surface area contributed by atoms with Crippen LogP contribution in [-0.4, -0.2) is 11.0 Å². The molecule has 4 N–H and O–H groups in total. The van der Waals surface area contributed by atoms with Crippen molar-refractivity contribution in [2.24, 2.45) is 0 Å². The summed E-state index contributed by atoms with van der Waals surface area (Å²) in [5, 5.41) is 0. The van der Waals surface area contributed by atoms with Crippen LogP contribution in [0.25, 0.3) is 0 Å². The zero-order chi connectivity index (χ0) is 0. The van der Waals surface area contributed by atoms with Crippen LogP contribution < -0.4 is 12.4 Å². The molecule has 0 saturated heterocycles. The first kappa shape index (κ1) is 124. The Morgan fingerprint density at radius 3 is 0.750 bits per heavy atom. The number of rotatable bonds is 0. The van der Waals surface area contributed by atoms with Gasteiger partial charge in [-0.3, -0.25) is 0 Å². The van der Waals surface area contributed by atoms with E-state index in [0.29, 0.717) is 0 Å². The van der Waals surface area contributed by atoms with Gasteiger partial charge in [-0.1, -0.05) is 0 Å². The summed E-state index contributed by atoms with van der Waals surface area (Å²) in [6.45, 7) is 0. The molecule has 0 aromatic heterocycles. The molecule has 30 valence electrons. The Morgan fingerprint density at radius 2 is 0.750 bits per heavy atom. The van der Waals surface area contributed by atoms with E-state index in [4.69, 9.17) is 0 Å². The third-order valence-electron chi connectivity index (χ3n) is 0. The molecule has 0 bridgehead atoms. The van der Waals surface area contributed by atoms with Crippen molar-refractivity contribution in [1.29, 1.82) is 0 Å². The first-order valence-electron chi connectivity index (χ1n) is 0. The maximum absolute atomic E-state index is 0. The van der Waals surface area contributed by atoms with E-state index in [9.17, 15) is 0 Å². The minimum atomic E-state index is 0. The van der Waals surface area contributed by atoms with Crippen LogP contribution in [0.2, 0.25) is 0 Å². The molecule has 0 amide bonds. The van der Waals surface area contributed by atoms with Crippen molar-refractivity contribution < 1.29 is 40.4 Å². The largest absolute Gasteiger partial charge is 2.00 e. The maximum atomic E-state index is 0. The van der Waals surface area contributed by atoms with E-state index in [2.05, 4.69) is 0 Å². The third-order valence-corrected chi connectivity index (χ3v) is 0. The average Bonchev–Trinajstić information content (AvgIpc) is 0. The topological polar surface area (TPSA) is 63.0 Å². The average molecular weight is 127 g/mol. The molecule has 0 aliphatic carbocycles. The molecule has 0 aromatic rings. The molecular formula is H4ClFeO2+. The van der Waals surface area contributed by atoms with Gasteiger partial charge in [0.25, 0.3) is 0 Å². The molecule has 2 nitrogen and oxygen atoms in total. The van der Waals surface area contributed by atoms with Crippen molar-refractivity contribution >= 4 is 0 Å². The zero-order valence-corrected chi connectivity index (χ0v) is 3.59. The minimum absolute atomic E-state index is 0. The fourth-order valence-electron chi connectivity index (χ4n) is 0. The fraction of sp³-hybridized carbons (Fsp3) is 0. The van der Waals surface area contributed by atoms with Crippen molar-refractivity contribution in [3.05, 3.63) is 0 Å². The van der Waals surface area contributed by atoms with Crippen molar-refractivity contribution in [3.63, 3.8) is 0 Å². The van der Waals surface area contributed by atoms with Gasteiger partial charge in [0, 0.05) is 0 Å². The molecule has 0 aliphatic heterocycles. The van der Waals surface area contributed by atoms with E-state index < -0.39 is 0 Å². The molecule has 4 heavy (non-hydrogen) atoms. The summed E-state index contributed by atoms with van der Waals surface area (Å²) in [5.41, 5.74) is 0. The molecule has 4 heteroatoms. The van der Waals surface area contributed by atoms with Crippen molar-refractivity contribution in [2.75, 3.05) is 0 Å². The molecule has 0 rings (SSSR count). The SMILES string of the molecule is O.O.[Cl-].[Fe+2]. The van der Waals surface area contributed by atoms with Gasteiger partial charge in [0.15, 0.2) is 0 Å². The molecule has 0 radical (unpaired) electrons. The van der Waals surface area contributed by atoms with Gasteiger partial charge in [0.05, 0.1) is 0 Å². The summed E-state index contributed by atoms with van der Waals surface area (Å²) in [6.07, 6.45) is 0. The Morgan fingerprint density at radius 1 is 0.750 bits per heavy atom. The Hall–Kier alpha value is 0.729. The smallest absolute Gasteiger partial charge is 1.00 e. The van der Waals surface area contributed by atoms with Crippen LogP contribution in [0.5, 0.6) is 0 Å². The Kier molecular flexibility index (Phi) is 1610. The zero-order valence-electron chi connectivity index (χ0n) is 1.73. The van der Waals surface area contributed by atoms with E-state index in [-0.39, 0.29) is 40.4 Å². The first-order chi connectivity index (χ1) is 0. The fourth-order valence-corrected chi connectivity index (χ4v) is 0. The molecule has 0 atom stereocenters. The number of hydrogen-bond acceptors (Lipinski definition) is 0. The first-order valence-corrected chi connectivity index (χ1v) is 0. The molecule has 0 spiro atoms. The van der Waals surface area contributed by atoms with Gasteiger partial charge < -0.3 is 23.4 Å². The number of halogens is 1. The molecule has 0 heterocycles. The molecular weight excluding hydrogens is 123 g/mol. The predicted molar refractivity (Wildman–Crippen MR) is 7.23 cm³/mol. The summed E-state index contributed by atoms with van der Waals surface area (Å²) in [4.78, 5) is 0. The monoisotopic (exact) mass is 127 g/mol. The summed E-state index contributed by atoms with van der Waals surface area (Å²) >= 11 is 0.